The quantitative estimate of drug-likeness (QED) is 0.728. The molecule has 1 saturated carbocycles. The number of allylic oxidation sites excluding steroid dienone is 1. The van der Waals surface area contributed by atoms with E-state index in [-0.39, 0.29) is 11.9 Å². The van der Waals surface area contributed by atoms with Gasteiger partial charge in [0.15, 0.2) is 0 Å². The second-order valence-corrected chi connectivity index (χ2v) is 8.60. The lowest BCUT2D eigenvalue weighted by molar-refractivity contribution is -0.131. The Morgan fingerprint density at radius 1 is 1.29 bits per heavy atom. The first-order valence-electron chi connectivity index (χ1n) is 8.29. The van der Waals surface area contributed by atoms with E-state index in [4.69, 9.17) is 5.10 Å². The van der Waals surface area contributed by atoms with Crippen LogP contribution in [-0.4, -0.2) is 16.6 Å². The van der Waals surface area contributed by atoms with Gasteiger partial charge in [0.05, 0.1) is 11.8 Å². The normalized spacial score (nSPS) is 28.1. The molecular weight excluding hydrogens is 336 g/mol. The Morgan fingerprint density at radius 3 is 2.75 bits per heavy atom. The number of carbonyl (C=O) groups is 1. The molecule has 1 amide bonds. The SMILES string of the molecule is CC(=O)N1N=C2/C(=C\c3cccs3)C[C@H](C)C[C@@H]2[C@H]1c1cccs1. The van der Waals surface area contributed by atoms with Gasteiger partial charge in [-0.05, 0) is 53.3 Å². The van der Waals surface area contributed by atoms with Crippen molar-refractivity contribution in [2.75, 3.05) is 0 Å². The van der Waals surface area contributed by atoms with Crippen LogP contribution in [0, 0.1) is 11.8 Å². The molecule has 0 bridgehead atoms. The van der Waals surface area contributed by atoms with Crippen LogP contribution in [0.15, 0.2) is 45.7 Å². The van der Waals surface area contributed by atoms with E-state index in [9.17, 15) is 4.79 Å². The first kappa shape index (κ1) is 15.8. The number of amides is 1. The summed E-state index contributed by atoms with van der Waals surface area (Å²) in [5.74, 6) is 0.940. The molecule has 2 aromatic rings. The molecule has 0 unspecified atom stereocenters. The molecule has 1 aliphatic heterocycles. The number of rotatable bonds is 2. The van der Waals surface area contributed by atoms with Gasteiger partial charge < -0.3 is 0 Å². The average molecular weight is 357 g/mol. The van der Waals surface area contributed by atoms with Crippen LogP contribution in [0.4, 0.5) is 0 Å². The number of fused-ring (bicyclic) bond motifs is 1. The minimum Gasteiger partial charge on any atom is -0.273 e. The summed E-state index contributed by atoms with van der Waals surface area (Å²) in [7, 11) is 0. The molecular formula is C19H20N2OS2. The number of hydrazone groups is 1. The van der Waals surface area contributed by atoms with E-state index in [2.05, 4.69) is 48.0 Å². The first-order chi connectivity index (χ1) is 11.6. The fourth-order valence-electron chi connectivity index (χ4n) is 3.83. The van der Waals surface area contributed by atoms with Gasteiger partial charge in [-0.2, -0.15) is 5.10 Å². The molecule has 1 fully saturated rings. The Hall–Kier alpha value is -1.72. The molecule has 2 aliphatic rings. The zero-order valence-corrected chi connectivity index (χ0v) is 15.4. The van der Waals surface area contributed by atoms with Crippen LogP contribution in [0.1, 0.15) is 42.5 Å². The monoisotopic (exact) mass is 356 g/mol. The zero-order valence-electron chi connectivity index (χ0n) is 13.8. The second kappa shape index (κ2) is 6.30. The Morgan fingerprint density at radius 2 is 2.08 bits per heavy atom. The van der Waals surface area contributed by atoms with E-state index in [1.807, 2.05) is 0 Å². The smallest absolute Gasteiger partial charge is 0.240 e. The first-order valence-corrected chi connectivity index (χ1v) is 10.1. The van der Waals surface area contributed by atoms with Crippen LogP contribution < -0.4 is 0 Å². The van der Waals surface area contributed by atoms with Gasteiger partial charge in [-0.3, -0.25) is 4.79 Å². The lowest BCUT2D eigenvalue weighted by Crippen LogP contribution is -2.31. The molecule has 3 nitrogen and oxygen atoms in total. The van der Waals surface area contributed by atoms with Crippen molar-refractivity contribution in [2.45, 2.75) is 32.7 Å². The summed E-state index contributed by atoms with van der Waals surface area (Å²) >= 11 is 3.47. The summed E-state index contributed by atoms with van der Waals surface area (Å²) in [5.41, 5.74) is 2.42. The molecule has 2 aromatic heterocycles. The number of nitrogens with zero attached hydrogens (tertiary/aromatic N) is 2. The fourth-order valence-corrected chi connectivity index (χ4v) is 5.39. The predicted molar refractivity (Wildman–Crippen MR) is 101 cm³/mol. The standard InChI is InChI=1S/C19H20N2OS2/c1-12-9-14(11-15-5-3-7-23-15)18-16(10-12)19(17-6-4-8-24-17)21(20-18)13(2)22/h3-8,11-12,16,19H,9-10H2,1-2H3/b14-11-/t12-,16-,19-/m0/s1. The molecule has 0 aromatic carbocycles. The van der Waals surface area contributed by atoms with Crippen LogP contribution in [0.2, 0.25) is 0 Å². The van der Waals surface area contributed by atoms with Gasteiger partial charge in [-0.1, -0.05) is 19.1 Å². The minimum absolute atomic E-state index is 0.0263. The van der Waals surface area contributed by atoms with Crippen molar-refractivity contribution >= 4 is 40.4 Å². The third-order valence-corrected chi connectivity index (χ3v) is 6.54. The van der Waals surface area contributed by atoms with Crippen LogP contribution >= 0.6 is 22.7 Å². The van der Waals surface area contributed by atoms with Crippen molar-refractivity contribution in [1.82, 2.24) is 5.01 Å². The largest absolute Gasteiger partial charge is 0.273 e. The molecule has 0 saturated heterocycles. The van der Waals surface area contributed by atoms with Gasteiger partial charge in [0, 0.05) is 22.6 Å². The van der Waals surface area contributed by atoms with E-state index in [0.29, 0.717) is 11.8 Å². The lowest BCUT2D eigenvalue weighted by Gasteiger charge is -2.31. The van der Waals surface area contributed by atoms with Crippen LogP contribution in [-0.2, 0) is 4.79 Å². The van der Waals surface area contributed by atoms with E-state index < -0.39 is 0 Å². The number of thiophene rings is 2. The van der Waals surface area contributed by atoms with E-state index >= 15 is 0 Å². The number of hydrogen-bond donors (Lipinski definition) is 0. The van der Waals surface area contributed by atoms with Crippen LogP contribution in [0.3, 0.4) is 0 Å². The molecule has 4 rings (SSSR count). The second-order valence-electron chi connectivity index (χ2n) is 6.65. The van der Waals surface area contributed by atoms with E-state index in [0.717, 1.165) is 18.6 Å². The summed E-state index contributed by atoms with van der Waals surface area (Å²) < 4.78 is 0. The summed E-state index contributed by atoms with van der Waals surface area (Å²) in [5, 5.41) is 10.7. The summed E-state index contributed by atoms with van der Waals surface area (Å²) in [6, 6.07) is 8.47. The predicted octanol–water partition coefficient (Wildman–Crippen LogP) is 5.20. The molecule has 0 spiro atoms. The third-order valence-electron chi connectivity index (χ3n) is 4.78. The average Bonchev–Trinajstić information content (AvgIpc) is 3.26. The maximum absolute atomic E-state index is 12.2. The van der Waals surface area contributed by atoms with E-state index in [1.165, 1.54) is 15.3 Å². The van der Waals surface area contributed by atoms with Gasteiger partial charge in [-0.15, -0.1) is 22.7 Å². The lowest BCUT2D eigenvalue weighted by atomic mass is 9.74. The molecule has 3 atom stereocenters. The van der Waals surface area contributed by atoms with Gasteiger partial charge in [0.2, 0.25) is 5.91 Å². The molecule has 5 heteroatoms. The molecule has 124 valence electrons. The van der Waals surface area contributed by atoms with Crippen molar-refractivity contribution in [3.63, 3.8) is 0 Å². The topological polar surface area (TPSA) is 32.7 Å². The van der Waals surface area contributed by atoms with Crippen molar-refractivity contribution < 1.29 is 4.79 Å². The van der Waals surface area contributed by atoms with Gasteiger partial charge >= 0.3 is 0 Å². The minimum atomic E-state index is 0.0263. The summed E-state index contributed by atoms with van der Waals surface area (Å²) in [6.45, 7) is 3.93. The Bertz CT molecular complexity index is 789. The molecule has 24 heavy (non-hydrogen) atoms. The Balaban J connectivity index is 1.77. The molecule has 0 radical (unpaired) electrons. The van der Waals surface area contributed by atoms with Gasteiger partial charge in [0.25, 0.3) is 0 Å². The maximum atomic E-state index is 12.2. The Kier molecular flexibility index (Phi) is 4.14. The fraction of sp³-hybridized carbons (Fsp3) is 0.368. The summed E-state index contributed by atoms with van der Waals surface area (Å²) in [4.78, 5) is 14.7. The van der Waals surface area contributed by atoms with Gasteiger partial charge in [0.1, 0.15) is 0 Å². The van der Waals surface area contributed by atoms with Gasteiger partial charge in [-0.25, -0.2) is 5.01 Å². The highest BCUT2D eigenvalue weighted by atomic mass is 32.1. The van der Waals surface area contributed by atoms with Crippen LogP contribution in [0.5, 0.6) is 0 Å². The molecule has 3 heterocycles. The molecule has 1 aliphatic carbocycles. The van der Waals surface area contributed by atoms with Crippen molar-refractivity contribution in [3.05, 3.63) is 50.4 Å². The van der Waals surface area contributed by atoms with Crippen molar-refractivity contribution in [3.8, 4) is 0 Å². The van der Waals surface area contributed by atoms with Crippen molar-refractivity contribution in [1.29, 1.82) is 0 Å². The van der Waals surface area contributed by atoms with E-state index in [1.54, 1.807) is 34.6 Å². The highest BCUT2D eigenvalue weighted by molar-refractivity contribution is 7.11. The maximum Gasteiger partial charge on any atom is 0.240 e. The number of carbonyl (C=O) groups excluding carboxylic acids is 1. The van der Waals surface area contributed by atoms with Crippen LogP contribution in [0.25, 0.3) is 6.08 Å². The van der Waals surface area contributed by atoms with Crippen molar-refractivity contribution in [2.24, 2.45) is 16.9 Å². The Labute approximate surface area is 150 Å². The zero-order chi connectivity index (χ0) is 16.7. The highest BCUT2D eigenvalue weighted by Gasteiger charge is 2.44. The number of hydrogen-bond acceptors (Lipinski definition) is 4. The third kappa shape index (κ3) is 2.76. The summed E-state index contributed by atoms with van der Waals surface area (Å²) in [6.07, 6.45) is 4.39. The molecule has 0 N–H and O–H groups in total. The highest BCUT2D eigenvalue weighted by Crippen LogP contribution is 2.47.